The van der Waals surface area contributed by atoms with Crippen molar-refractivity contribution in [2.75, 3.05) is 5.32 Å². The molecule has 120 valence electrons. The normalized spacial score (nSPS) is 13.5. The number of hydrogen-bond acceptors (Lipinski definition) is 4. The highest BCUT2D eigenvalue weighted by Crippen LogP contribution is 2.30. The molecule has 0 atom stereocenters. The standard InChI is InChI=1S/C18H20N2O2S/c1-12(2)22-14-6-3-5-13(11-14)9-10-17(21)20-18-19-15-7-4-8-16(15)23-18/h3,5-6,9-12H,4,7-8H2,1-2H3,(H,19,20,21)/b10-9+. The zero-order valence-corrected chi connectivity index (χ0v) is 14.2. The molecule has 4 nitrogen and oxygen atoms in total. The lowest BCUT2D eigenvalue weighted by Crippen LogP contribution is -2.07. The minimum absolute atomic E-state index is 0.129. The second kappa shape index (κ2) is 6.96. The molecule has 2 aromatic rings. The van der Waals surface area contributed by atoms with Crippen LogP contribution in [-0.4, -0.2) is 17.0 Å². The first-order valence-electron chi connectivity index (χ1n) is 7.84. The third kappa shape index (κ3) is 4.20. The lowest BCUT2D eigenvalue weighted by molar-refractivity contribution is -0.111. The van der Waals surface area contributed by atoms with Crippen molar-refractivity contribution in [3.05, 3.63) is 46.5 Å². The molecule has 1 heterocycles. The van der Waals surface area contributed by atoms with Gasteiger partial charge < -0.3 is 4.74 Å². The van der Waals surface area contributed by atoms with Crippen molar-refractivity contribution in [3.63, 3.8) is 0 Å². The molecule has 0 saturated heterocycles. The number of fused-ring (bicyclic) bond motifs is 1. The third-order valence-electron chi connectivity index (χ3n) is 3.48. The molecule has 1 aliphatic carbocycles. The first-order valence-corrected chi connectivity index (χ1v) is 8.66. The van der Waals surface area contributed by atoms with E-state index in [2.05, 4.69) is 10.3 Å². The number of aromatic nitrogens is 1. The Balaban J connectivity index is 1.61. The highest BCUT2D eigenvalue weighted by atomic mass is 32.1. The topological polar surface area (TPSA) is 51.2 Å². The molecule has 1 aromatic carbocycles. The zero-order valence-electron chi connectivity index (χ0n) is 13.3. The predicted octanol–water partition coefficient (Wildman–Crippen LogP) is 4.07. The number of carbonyl (C=O) groups is 1. The van der Waals surface area contributed by atoms with Gasteiger partial charge in [0.25, 0.3) is 0 Å². The van der Waals surface area contributed by atoms with Gasteiger partial charge in [-0.1, -0.05) is 12.1 Å². The fraction of sp³-hybridized carbons (Fsp3) is 0.333. The molecule has 0 saturated carbocycles. The van der Waals surface area contributed by atoms with Gasteiger partial charge in [0.05, 0.1) is 11.8 Å². The van der Waals surface area contributed by atoms with Gasteiger partial charge in [0, 0.05) is 11.0 Å². The number of rotatable bonds is 5. The van der Waals surface area contributed by atoms with Gasteiger partial charge in [0.2, 0.25) is 5.91 Å². The van der Waals surface area contributed by atoms with E-state index in [4.69, 9.17) is 4.74 Å². The minimum Gasteiger partial charge on any atom is -0.491 e. The van der Waals surface area contributed by atoms with Crippen molar-refractivity contribution >= 4 is 28.5 Å². The number of aryl methyl sites for hydroxylation is 2. The fourth-order valence-electron chi connectivity index (χ4n) is 2.53. The molecule has 1 N–H and O–H groups in total. The number of nitrogens with zero attached hydrogens (tertiary/aromatic N) is 1. The molecule has 0 spiro atoms. The molecule has 1 aromatic heterocycles. The van der Waals surface area contributed by atoms with Crippen molar-refractivity contribution in [1.82, 2.24) is 4.98 Å². The quantitative estimate of drug-likeness (QED) is 0.842. The number of hydrogen-bond donors (Lipinski definition) is 1. The molecular formula is C18H20N2O2S. The smallest absolute Gasteiger partial charge is 0.250 e. The summed E-state index contributed by atoms with van der Waals surface area (Å²) in [6.45, 7) is 3.97. The van der Waals surface area contributed by atoms with E-state index in [0.29, 0.717) is 5.13 Å². The number of amides is 1. The summed E-state index contributed by atoms with van der Waals surface area (Å²) in [6, 6.07) is 7.69. The van der Waals surface area contributed by atoms with Crippen LogP contribution in [0.5, 0.6) is 5.75 Å². The van der Waals surface area contributed by atoms with E-state index in [9.17, 15) is 4.79 Å². The van der Waals surface area contributed by atoms with Crippen molar-refractivity contribution in [2.45, 2.75) is 39.2 Å². The summed E-state index contributed by atoms with van der Waals surface area (Å²) >= 11 is 1.58. The maximum absolute atomic E-state index is 12.0. The van der Waals surface area contributed by atoms with Crippen LogP contribution in [-0.2, 0) is 17.6 Å². The van der Waals surface area contributed by atoms with E-state index in [1.165, 1.54) is 17.4 Å². The summed E-state index contributed by atoms with van der Waals surface area (Å²) in [5, 5.41) is 3.53. The van der Waals surface area contributed by atoms with Gasteiger partial charge in [-0.15, -0.1) is 11.3 Å². The Hall–Kier alpha value is -2.14. The van der Waals surface area contributed by atoms with Gasteiger partial charge in [0.1, 0.15) is 5.75 Å². The minimum atomic E-state index is -0.160. The summed E-state index contributed by atoms with van der Waals surface area (Å²) in [7, 11) is 0. The van der Waals surface area contributed by atoms with E-state index in [0.717, 1.165) is 29.8 Å². The molecule has 23 heavy (non-hydrogen) atoms. The number of anilines is 1. The van der Waals surface area contributed by atoms with E-state index in [1.54, 1.807) is 17.4 Å². The van der Waals surface area contributed by atoms with Gasteiger partial charge in [-0.2, -0.15) is 0 Å². The Morgan fingerprint density at radius 2 is 2.26 bits per heavy atom. The van der Waals surface area contributed by atoms with Crippen molar-refractivity contribution < 1.29 is 9.53 Å². The molecule has 0 bridgehead atoms. The second-order valence-corrected chi connectivity index (χ2v) is 6.89. The van der Waals surface area contributed by atoms with E-state index in [1.807, 2.05) is 38.1 Å². The molecule has 1 aliphatic rings. The lowest BCUT2D eigenvalue weighted by atomic mass is 10.2. The Kier molecular flexibility index (Phi) is 4.76. The molecule has 5 heteroatoms. The molecule has 0 unspecified atom stereocenters. The number of nitrogens with one attached hydrogen (secondary N) is 1. The average molecular weight is 328 g/mol. The number of carbonyl (C=O) groups excluding carboxylic acids is 1. The summed E-state index contributed by atoms with van der Waals surface area (Å²) < 4.78 is 5.65. The number of thiazole rings is 1. The first kappa shape index (κ1) is 15.7. The molecule has 0 fully saturated rings. The summed E-state index contributed by atoms with van der Waals surface area (Å²) in [4.78, 5) is 17.8. The van der Waals surface area contributed by atoms with Gasteiger partial charge in [-0.25, -0.2) is 4.98 Å². The Morgan fingerprint density at radius 1 is 1.39 bits per heavy atom. The van der Waals surface area contributed by atoms with Crippen LogP contribution >= 0.6 is 11.3 Å². The summed E-state index contributed by atoms with van der Waals surface area (Å²) in [6.07, 6.45) is 6.73. The fourth-order valence-corrected chi connectivity index (χ4v) is 3.58. The van der Waals surface area contributed by atoms with Gasteiger partial charge in [-0.3, -0.25) is 10.1 Å². The van der Waals surface area contributed by atoms with E-state index < -0.39 is 0 Å². The lowest BCUT2D eigenvalue weighted by Gasteiger charge is -2.09. The Labute approximate surface area is 140 Å². The predicted molar refractivity (Wildman–Crippen MR) is 94.0 cm³/mol. The van der Waals surface area contributed by atoms with Crippen molar-refractivity contribution in [2.24, 2.45) is 0 Å². The second-order valence-electron chi connectivity index (χ2n) is 5.80. The third-order valence-corrected chi connectivity index (χ3v) is 4.56. The molecule has 3 rings (SSSR count). The highest BCUT2D eigenvalue weighted by Gasteiger charge is 2.17. The SMILES string of the molecule is CC(C)Oc1cccc(/C=C/C(=O)Nc2nc3c(s2)CCC3)c1. The summed E-state index contributed by atoms with van der Waals surface area (Å²) in [5.74, 6) is 0.645. The molecular weight excluding hydrogens is 308 g/mol. The van der Waals surface area contributed by atoms with Crippen LogP contribution in [0.1, 0.15) is 36.4 Å². The van der Waals surface area contributed by atoms with Crippen LogP contribution in [0.25, 0.3) is 6.08 Å². The van der Waals surface area contributed by atoms with Gasteiger partial charge in [0.15, 0.2) is 5.13 Å². The maximum Gasteiger partial charge on any atom is 0.250 e. The Morgan fingerprint density at radius 3 is 3.04 bits per heavy atom. The van der Waals surface area contributed by atoms with Crippen LogP contribution in [0.3, 0.4) is 0 Å². The van der Waals surface area contributed by atoms with Crippen LogP contribution in [0.2, 0.25) is 0 Å². The van der Waals surface area contributed by atoms with Crippen LogP contribution < -0.4 is 10.1 Å². The first-order chi connectivity index (χ1) is 11.1. The number of benzene rings is 1. The van der Waals surface area contributed by atoms with Crippen LogP contribution in [0.15, 0.2) is 30.3 Å². The largest absolute Gasteiger partial charge is 0.491 e. The van der Waals surface area contributed by atoms with Gasteiger partial charge >= 0.3 is 0 Å². The van der Waals surface area contributed by atoms with Crippen molar-refractivity contribution in [3.8, 4) is 5.75 Å². The maximum atomic E-state index is 12.0. The van der Waals surface area contributed by atoms with Gasteiger partial charge in [-0.05, 0) is 56.9 Å². The molecule has 0 aliphatic heterocycles. The van der Waals surface area contributed by atoms with Crippen LogP contribution in [0.4, 0.5) is 5.13 Å². The monoisotopic (exact) mass is 328 g/mol. The number of ether oxygens (including phenoxy) is 1. The Bertz CT molecular complexity index is 713. The molecule has 0 radical (unpaired) electrons. The molecule has 1 amide bonds. The zero-order chi connectivity index (χ0) is 16.2. The van der Waals surface area contributed by atoms with Crippen LogP contribution in [0, 0.1) is 0 Å². The van der Waals surface area contributed by atoms with E-state index >= 15 is 0 Å². The summed E-state index contributed by atoms with van der Waals surface area (Å²) in [5.41, 5.74) is 2.08. The van der Waals surface area contributed by atoms with E-state index in [-0.39, 0.29) is 12.0 Å². The average Bonchev–Trinajstić information content (AvgIpc) is 3.06. The highest BCUT2D eigenvalue weighted by molar-refractivity contribution is 7.15. The van der Waals surface area contributed by atoms with Crippen molar-refractivity contribution in [1.29, 1.82) is 0 Å².